The summed E-state index contributed by atoms with van der Waals surface area (Å²) in [6.45, 7) is 2.73. The molecule has 0 saturated carbocycles. The second-order valence-corrected chi connectivity index (χ2v) is 8.13. The molecule has 172 valence electrons. The molecule has 0 saturated heterocycles. The number of nitrogen functional groups attached to an aromatic ring is 1. The molecule has 8 heteroatoms. The number of anilines is 3. The SMILES string of the molecule is Cc1cccc(NC(=O)NC(CCN(C)C)c2ccc(C(=O)Nc3ccccc3N)cn2)c1. The van der Waals surface area contributed by atoms with Crippen LogP contribution < -0.4 is 21.7 Å². The number of pyridine rings is 1. The van der Waals surface area contributed by atoms with E-state index in [2.05, 4.69) is 20.9 Å². The van der Waals surface area contributed by atoms with Gasteiger partial charge in [0.1, 0.15) is 0 Å². The van der Waals surface area contributed by atoms with Gasteiger partial charge >= 0.3 is 6.03 Å². The number of benzene rings is 2. The Hall–Kier alpha value is -3.91. The molecule has 0 fully saturated rings. The Bertz CT molecular complexity index is 1100. The third-order valence-corrected chi connectivity index (χ3v) is 5.06. The van der Waals surface area contributed by atoms with Crippen molar-refractivity contribution in [1.29, 1.82) is 0 Å². The lowest BCUT2D eigenvalue weighted by atomic mass is 10.1. The molecule has 1 atom stereocenters. The first-order chi connectivity index (χ1) is 15.8. The van der Waals surface area contributed by atoms with E-state index in [1.165, 1.54) is 6.20 Å². The summed E-state index contributed by atoms with van der Waals surface area (Å²) in [5.74, 6) is -0.304. The molecule has 0 aliphatic heterocycles. The molecule has 3 aromatic rings. The monoisotopic (exact) mass is 446 g/mol. The molecule has 0 aliphatic carbocycles. The Balaban J connectivity index is 1.70. The average Bonchev–Trinajstić information content (AvgIpc) is 2.78. The minimum Gasteiger partial charge on any atom is -0.397 e. The van der Waals surface area contributed by atoms with Crippen LogP contribution in [0.1, 0.15) is 34.1 Å². The normalized spacial score (nSPS) is 11.6. The number of aromatic nitrogens is 1. The van der Waals surface area contributed by atoms with Gasteiger partial charge in [-0.2, -0.15) is 0 Å². The summed E-state index contributed by atoms with van der Waals surface area (Å²) in [5.41, 5.74) is 9.79. The van der Waals surface area contributed by atoms with Gasteiger partial charge in [-0.05, 0) is 75.9 Å². The number of nitrogens with one attached hydrogen (secondary N) is 3. The number of carbonyl (C=O) groups is 2. The fourth-order valence-corrected chi connectivity index (χ4v) is 3.28. The van der Waals surface area contributed by atoms with Gasteiger partial charge in [-0.25, -0.2) is 4.79 Å². The van der Waals surface area contributed by atoms with E-state index in [1.54, 1.807) is 36.4 Å². The Morgan fingerprint density at radius 2 is 1.82 bits per heavy atom. The zero-order chi connectivity index (χ0) is 23.8. The highest BCUT2D eigenvalue weighted by molar-refractivity contribution is 6.05. The van der Waals surface area contributed by atoms with Crippen LogP contribution in [-0.2, 0) is 0 Å². The van der Waals surface area contributed by atoms with E-state index in [0.717, 1.165) is 17.8 Å². The first kappa shape index (κ1) is 23.7. The van der Waals surface area contributed by atoms with Crippen molar-refractivity contribution in [3.63, 3.8) is 0 Å². The number of aryl methyl sites for hydroxylation is 1. The molecule has 3 amide bonds. The van der Waals surface area contributed by atoms with Crippen LogP contribution in [0.4, 0.5) is 21.9 Å². The second kappa shape index (κ2) is 11.1. The predicted octanol–water partition coefficient (Wildman–Crippen LogP) is 4.04. The summed E-state index contributed by atoms with van der Waals surface area (Å²) in [7, 11) is 3.94. The second-order valence-electron chi connectivity index (χ2n) is 8.13. The van der Waals surface area contributed by atoms with Gasteiger partial charge in [0, 0.05) is 11.9 Å². The molecule has 2 aromatic carbocycles. The first-order valence-electron chi connectivity index (χ1n) is 10.7. The van der Waals surface area contributed by atoms with Crippen molar-refractivity contribution < 1.29 is 9.59 Å². The highest BCUT2D eigenvalue weighted by atomic mass is 16.2. The van der Waals surface area contributed by atoms with Crippen LogP contribution in [0.3, 0.4) is 0 Å². The first-order valence-corrected chi connectivity index (χ1v) is 10.7. The average molecular weight is 447 g/mol. The Morgan fingerprint density at radius 3 is 2.48 bits per heavy atom. The van der Waals surface area contributed by atoms with Crippen molar-refractivity contribution in [3.05, 3.63) is 83.7 Å². The molecular formula is C25H30N6O2. The summed E-state index contributed by atoms with van der Waals surface area (Å²) in [4.78, 5) is 31.7. The maximum absolute atomic E-state index is 12.6. The van der Waals surface area contributed by atoms with Crippen LogP contribution in [0.2, 0.25) is 0 Å². The van der Waals surface area contributed by atoms with E-state index in [0.29, 0.717) is 29.1 Å². The Labute approximate surface area is 194 Å². The van der Waals surface area contributed by atoms with Gasteiger partial charge < -0.3 is 26.6 Å². The Kier molecular flexibility index (Phi) is 7.99. The third-order valence-electron chi connectivity index (χ3n) is 5.06. The number of nitrogens with zero attached hydrogens (tertiary/aromatic N) is 2. The summed E-state index contributed by atoms with van der Waals surface area (Å²) < 4.78 is 0. The lowest BCUT2D eigenvalue weighted by Gasteiger charge is -2.21. The minimum atomic E-state index is -0.320. The van der Waals surface area contributed by atoms with Crippen molar-refractivity contribution in [1.82, 2.24) is 15.2 Å². The van der Waals surface area contributed by atoms with Gasteiger partial charge in [0.15, 0.2) is 0 Å². The fraction of sp³-hybridized carbons (Fsp3) is 0.240. The van der Waals surface area contributed by atoms with Gasteiger partial charge in [-0.3, -0.25) is 9.78 Å². The van der Waals surface area contributed by atoms with Crippen molar-refractivity contribution in [2.75, 3.05) is 37.0 Å². The number of amides is 3. The van der Waals surface area contributed by atoms with Gasteiger partial charge in [0.25, 0.3) is 5.91 Å². The van der Waals surface area contributed by atoms with Crippen LogP contribution in [-0.4, -0.2) is 42.5 Å². The summed E-state index contributed by atoms with van der Waals surface area (Å²) in [6.07, 6.45) is 2.17. The summed E-state index contributed by atoms with van der Waals surface area (Å²) >= 11 is 0. The number of para-hydroxylation sites is 2. The van der Waals surface area contributed by atoms with Gasteiger partial charge in [0.05, 0.1) is 28.7 Å². The number of urea groups is 1. The topological polar surface area (TPSA) is 112 Å². The van der Waals surface area contributed by atoms with Crippen LogP contribution in [0.25, 0.3) is 0 Å². The van der Waals surface area contributed by atoms with E-state index >= 15 is 0 Å². The predicted molar refractivity (Wildman–Crippen MR) is 132 cm³/mol. The van der Waals surface area contributed by atoms with Crippen molar-refractivity contribution >= 4 is 29.0 Å². The lowest BCUT2D eigenvalue weighted by molar-refractivity contribution is 0.102. The van der Waals surface area contributed by atoms with E-state index in [-0.39, 0.29) is 18.0 Å². The molecule has 5 N–H and O–H groups in total. The van der Waals surface area contributed by atoms with E-state index in [4.69, 9.17) is 5.73 Å². The van der Waals surface area contributed by atoms with E-state index in [1.807, 2.05) is 50.2 Å². The Morgan fingerprint density at radius 1 is 1.03 bits per heavy atom. The fourth-order valence-electron chi connectivity index (χ4n) is 3.28. The molecular weight excluding hydrogens is 416 g/mol. The maximum Gasteiger partial charge on any atom is 0.319 e. The van der Waals surface area contributed by atoms with Gasteiger partial charge in [-0.1, -0.05) is 24.3 Å². The quantitative estimate of drug-likeness (QED) is 0.390. The maximum atomic E-state index is 12.6. The molecule has 1 aromatic heterocycles. The van der Waals surface area contributed by atoms with Crippen LogP contribution in [0.5, 0.6) is 0 Å². The van der Waals surface area contributed by atoms with Gasteiger partial charge in [-0.15, -0.1) is 0 Å². The summed E-state index contributed by atoms with van der Waals surface area (Å²) in [6, 6.07) is 17.5. The third kappa shape index (κ3) is 7.05. The molecule has 0 bridgehead atoms. The van der Waals surface area contributed by atoms with Gasteiger partial charge in [0.2, 0.25) is 0 Å². The highest BCUT2D eigenvalue weighted by Gasteiger charge is 2.18. The van der Waals surface area contributed by atoms with Crippen LogP contribution >= 0.6 is 0 Å². The molecule has 1 unspecified atom stereocenters. The molecule has 0 aliphatic rings. The molecule has 3 rings (SSSR count). The zero-order valence-corrected chi connectivity index (χ0v) is 19.1. The van der Waals surface area contributed by atoms with E-state index in [9.17, 15) is 9.59 Å². The highest BCUT2D eigenvalue weighted by Crippen LogP contribution is 2.19. The smallest absolute Gasteiger partial charge is 0.319 e. The van der Waals surface area contributed by atoms with Crippen molar-refractivity contribution in [2.24, 2.45) is 0 Å². The lowest BCUT2D eigenvalue weighted by Crippen LogP contribution is -2.34. The number of hydrogen-bond acceptors (Lipinski definition) is 5. The molecule has 1 heterocycles. The minimum absolute atomic E-state index is 0.304. The van der Waals surface area contributed by atoms with E-state index < -0.39 is 0 Å². The molecule has 8 nitrogen and oxygen atoms in total. The van der Waals surface area contributed by atoms with Crippen LogP contribution in [0.15, 0.2) is 66.9 Å². The number of nitrogens with two attached hydrogens (primary N) is 1. The molecule has 0 spiro atoms. The zero-order valence-electron chi connectivity index (χ0n) is 19.1. The standard InChI is InChI=1S/C25H30N6O2/c1-17-7-6-8-19(15-17)28-25(33)30-23(13-14-31(2)3)22-12-11-18(16-27-22)24(32)29-21-10-5-4-9-20(21)26/h4-12,15-16,23H,13-14,26H2,1-3H3,(H,29,32)(H2,28,30,33). The molecule has 33 heavy (non-hydrogen) atoms. The number of rotatable bonds is 8. The number of carbonyl (C=O) groups excluding carboxylic acids is 2. The summed E-state index contributed by atoms with van der Waals surface area (Å²) in [5, 5.41) is 8.65. The van der Waals surface area contributed by atoms with Crippen molar-refractivity contribution in [2.45, 2.75) is 19.4 Å². The largest absolute Gasteiger partial charge is 0.397 e. The number of hydrogen-bond donors (Lipinski definition) is 4. The van der Waals surface area contributed by atoms with Crippen LogP contribution in [0, 0.1) is 6.92 Å². The van der Waals surface area contributed by atoms with Crippen molar-refractivity contribution in [3.8, 4) is 0 Å². The molecule has 0 radical (unpaired) electrons.